The summed E-state index contributed by atoms with van der Waals surface area (Å²) >= 11 is 0. The van der Waals surface area contributed by atoms with Gasteiger partial charge in [0.1, 0.15) is 0 Å². The molecule has 0 bridgehead atoms. The standard InChI is InChI=1S/C16H29N3O/c1-2-18-16(15(17)20)8-7-14(9-16)19(10-12-3-4-12)11-13-5-6-13/h12-14,18H,2-11H2,1H3,(H2,17,20). The molecule has 3 aliphatic carbocycles. The average Bonchev–Trinajstić information content (AvgIpc) is 3.32. The van der Waals surface area contributed by atoms with Crippen molar-refractivity contribution in [3.8, 4) is 0 Å². The molecule has 0 aromatic rings. The second kappa shape index (κ2) is 5.64. The molecule has 0 aromatic heterocycles. The fourth-order valence-corrected chi connectivity index (χ4v) is 3.78. The van der Waals surface area contributed by atoms with Crippen LogP contribution in [-0.4, -0.2) is 42.0 Å². The Labute approximate surface area is 122 Å². The lowest BCUT2D eigenvalue weighted by molar-refractivity contribution is -0.124. The van der Waals surface area contributed by atoms with Gasteiger partial charge in [-0.25, -0.2) is 0 Å². The van der Waals surface area contributed by atoms with E-state index in [-0.39, 0.29) is 5.91 Å². The first-order chi connectivity index (χ1) is 9.63. The number of carbonyl (C=O) groups is 1. The van der Waals surface area contributed by atoms with Gasteiger partial charge in [-0.15, -0.1) is 0 Å². The summed E-state index contributed by atoms with van der Waals surface area (Å²) in [5, 5.41) is 3.38. The maximum atomic E-state index is 11.9. The van der Waals surface area contributed by atoms with E-state index in [9.17, 15) is 4.79 Å². The van der Waals surface area contributed by atoms with Crippen LogP contribution in [0.15, 0.2) is 0 Å². The normalized spacial score (nSPS) is 33.8. The van der Waals surface area contributed by atoms with E-state index >= 15 is 0 Å². The number of nitrogens with two attached hydrogens (primary N) is 1. The summed E-state index contributed by atoms with van der Waals surface area (Å²) in [6.45, 7) is 5.38. The lowest BCUT2D eigenvalue weighted by Crippen LogP contribution is -2.54. The zero-order chi connectivity index (χ0) is 14.2. The Balaban J connectivity index is 1.63. The number of likely N-dealkylation sites (N-methyl/N-ethyl adjacent to an activating group) is 1. The third kappa shape index (κ3) is 3.17. The number of rotatable bonds is 8. The summed E-state index contributed by atoms with van der Waals surface area (Å²) < 4.78 is 0. The van der Waals surface area contributed by atoms with E-state index in [2.05, 4.69) is 17.1 Å². The van der Waals surface area contributed by atoms with Gasteiger partial charge in [0.05, 0.1) is 5.54 Å². The van der Waals surface area contributed by atoms with Crippen molar-refractivity contribution in [1.82, 2.24) is 10.2 Å². The molecule has 0 aromatic carbocycles. The highest BCUT2D eigenvalue weighted by Crippen LogP contribution is 2.39. The van der Waals surface area contributed by atoms with Gasteiger partial charge >= 0.3 is 0 Å². The van der Waals surface area contributed by atoms with Gasteiger partial charge in [-0.1, -0.05) is 6.92 Å². The SMILES string of the molecule is CCNC1(C(N)=O)CCC(N(CC2CC2)CC2CC2)C1. The molecule has 3 fully saturated rings. The van der Waals surface area contributed by atoms with Crippen LogP contribution < -0.4 is 11.1 Å². The van der Waals surface area contributed by atoms with Crippen LogP contribution in [-0.2, 0) is 4.79 Å². The summed E-state index contributed by atoms with van der Waals surface area (Å²) in [5.74, 6) is 1.70. The Hall–Kier alpha value is -0.610. The number of amides is 1. The van der Waals surface area contributed by atoms with E-state index in [0.29, 0.717) is 6.04 Å². The molecule has 0 spiro atoms. The van der Waals surface area contributed by atoms with Gasteiger partial charge in [-0.05, 0) is 63.3 Å². The van der Waals surface area contributed by atoms with Gasteiger partial charge in [0.25, 0.3) is 0 Å². The molecule has 0 heterocycles. The van der Waals surface area contributed by atoms with Crippen LogP contribution in [0.1, 0.15) is 51.9 Å². The molecule has 3 aliphatic rings. The van der Waals surface area contributed by atoms with E-state index in [0.717, 1.165) is 37.6 Å². The van der Waals surface area contributed by atoms with Crippen LogP contribution in [0.4, 0.5) is 0 Å². The third-order valence-electron chi connectivity index (χ3n) is 5.37. The van der Waals surface area contributed by atoms with Crippen molar-refractivity contribution in [1.29, 1.82) is 0 Å². The van der Waals surface area contributed by atoms with Crippen molar-refractivity contribution in [3.63, 3.8) is 0 Å². The average molecular weight is 279 g/mol. The minimum absolute atomic E-state index is 0.153. The molecule has 114 valence electrons. The summed E-state index contributed by atoms with van der Waals surface area (Å²) in [7, 11) is 0. The molecule has 0 saturated heterocycles. The second-order valence-corrected chi connectivity index (χ2v) is 7.21. The predicted octanol–water partition coefficient (Wildman–Crippen LogP) is 1.49. The number of hydrogen-bond acceptors (Lipinski definition) is 3. The van der Waals surface area contributed by atoms with Crippen molar-refractivity contribution in [3.05, 3.63) is 0 Å². The quantitative estimate of drug-likeness (QED) is 0.708. The maximum Gasteiger partial charge on any atom is 0.237 e. The number of primary amides is 1. The zero-order valence-electron chi connectivity index (χ0n) is 12.7. The Morgan fingerprint density at radius 2 is 1.80 bits per heavy atom. The molecule has 2 atom stereocenters. The highest BCUT2D eigenvalue weighted by molar-refractivity contribution is 5.85. The van der Waals surface area contributed by atoms with Gasteiger partial charge in [0.15, 0.2) is 0 Å². The Bertz CT molecular complexity index is 351. The Morgan fingerprint density at radius 1 is 1.20 bits per heavy atom. The van der Waals surface area contributed by atoms with Gasteiger partial charge in [0, 0.05) is 19.1 Å². The lowest BCUT2D eigenvalue weighted by atomic mass is 9.96. The van der Waals surface area contributed by atoms with Crippen molar-refractivity contribution in [2.24, 2.45) is 17.6 Å². The highest BCUT2D eigenvalue weighted by atomic mass is 16.1. The Kier molecular flexibility index (Phi) is 4.04. The van der Waals surface area contributed by atoms with E-state index in [1.54, 1.807) is 0 Å². The van der Waals surface area contributed by atoms with Crippen LogP contribution in [0.2, 0.25) is 0 Å². The first-order valence-corrected chi connectivity index (χ1v) is 8.42. The topological polar surface area (TPSA) is 58.4 Å². The van der Waals surface area contributed by atoms with Crippen molar-refractivity contribution in [2.75, 3.05) is 19.6 Å². The molecule has 0 aliphatic heterocycles. The molecule has 20 heavy (non-hydrogen) atoms. The van der Waals surface area contributed by atoms with E-state index in [4.69, 9.17) is 5.73 Å². The summed E-state index contributed by atoms with van der Waals surface area (Å²) in [4.78, 5) is 14.6. The van der Waals surface area contributed by atoms with Crippen LogP contribution in [0.3, 0.4) is 0 Å². The van der Waals surface area contributed by atoms with E-state index in [1.807, 2.05) is 0 Å². The molecule has 3 saturated carbocycles. The molecule has 3 rings (SSSR count). The van der Waals surface area contributed by atoms with Gasteiger partial charge in [-0.3, -0.25) is 9.69 Å². The largest absolute Gasteiger partial charge is 0.368 e. The Morgan fingerprint density at radius 3 is 2.25 bits per heavy atom. The van der Waals surface area contributed by atoms with Gasteiger partial charge < -0.3 is 11.1 Å². The molecule has 3 N–H and O–H groups in total. The minimum Gasteiger partial charge on any atom is -0.368 e. The molecule has 4 nitrogen and oxygen atoms in total. The number of carbonyl (C=O) groups excluding carboxylic acids is 1. The van der Waals surface area contributed by atoms with Crippen molar-refractivity contribution < 1.29 is 4.79 Å². The molecular formula is C16H29N3O. The molecule has 1 amide bonds. The first kappa shape index (κ1) is 14.3. The van der Waals surface area contributed by atoms with E-state index < -0.39 is 5.54 Å². The fourth-order valence-electron chi connectivity index (χ4n) is 3.78. The lowest BCUT2D eigenvalue weighted by Gasteiger charge is -2.32. The molecule has 2 unspecified atom stereocenters. The van der Waals surface area contributed by atoms with Crippen molar-refractivity contribution in [2.45, 2.75) is 63.5 Å². The van der Waals surface area contributed by atoms with Crippen LogP contribution >= 0.6 is 0 Å². The smallest absolute Gasteiger partial charge is 0.237 e. The number of hydrogen-bond donors (Lipinski definition) is 2. The summed E-state index contributed by atoms with van der Waals surface area (Å²) in [5.41, 5.74) is 5.25. The first-order valence-electron chi connectivity index (χ1n) is 8.42. The van der Waals surface area contributed by atoms with E-state index in [1.165, 1.54) is 38.8 Å². The van der Waals surface area contributed by atoms with Crippen LogP contribution in [0, 0.1) is 11.8 Å². The van der Waals surface area contributed by atoms with Gasteiger partial charge in [0.2, 0.25) is 5.91 Å². The number of nitrogens with one attached hydrogen (secondary N) is 1. The predicted molar refractivity (Wildman–Crippen MR) is 80.3 cm³/mol. The zero-order valence-corrected chi connectivity index (χ0v) is 12.7. The molecular weight excluding hydrogens is 250 g/mol. The monoisotopic (exact) mass is 279 g/mol. The third-order valence-corrected chi connectivity index (χ3v) is 5.37. The maximum absolute atomic E-state index is 11.9. The molecule has 0 radical (unpaired) electrons. The van der Waals surface area contributed by atoms with Gasteiger partial charge in [-0.2, -0.15) is 0 Å². The number of nitrogens with zero attached hydrogens (tertiary/aromatic N) is 1. The summed E-state index contributed by atoms with van der Waals surface area (Å²) in [6, 6.07) is 0.558. The van der Waals surface area contributed by atoms with Crippen molar-refractivity contribution >= 4 is 5.91 Å². The minimum atomic E-state index is -0.440. The van der Waals surface area contributed by atoms with Crippen LogP contribution in [0.25, 0.3) is 0 Å². The summed E-state index contributed by atoms with van der Waals surface area (Å²) in [6.07, 6.45) is 8.56. The second-order valence-electron chi connectivity index (χ2n) is 7.21. The molecule has 4 heteroatoms. The fraction of sp³-hybridized carbons (Fsp3) is 0.938. The van der Waals surface area contributed by atoms with Crippen LogP contribution in [0.5, 0.6) is 0 Å². The highest BCUT2D eigenvalue weighted by Gasteiger charge is 2.46.